The number of nitrogens with one attached hydrogen (secondary N) is 4. The van der Waals surface area contributed by atoms with Gasteiger partial charge in [0.05, 0.1) is 9.82 Å². The smallest absolute Gasteiger partial charge is 0.269 e. The molecule has 0 bridgehead atoms. The first-order valence-corrected chi connectivity index (χ1v) is 13.3. The molecule has 1 aromatic heterocycles. The van der Waals surface area contributed by atoms with Gasteiger partial charge in [-0.2, -0.15) is 4.72 Å². The predicted molar refractivity (Wildman–Crippen MR) is 138 cm³/mol. The molecule has 2 aromatic carbocycles. The second kappa shape index (κ2) is 11.0. The minimum atomic E-state index is -4.16. The third kappa shape index (κ3) is 6.24. The molecule has 1 amide bonds. The van der Waals surface area contributed by atoms with Gasteiger partial charge in [-0.05, 0) is 48.9 Å². The van der Waals surface area contributed by atoms with Crippen LogP contribution >= 0.6 is 0 Å². The first-order chi connectivity index (χ1) is 17.6. The van der Waals surface area contributed by atoms with Crippen LogP contribution in [0.4, 0.5) is 5.69 Å². The Balaban J connectivity index is 1.53. The summed E-state index contributed by atoms with van der Waals surface area (Å²) in [6.45, 7) is 1.54. The summed E-state index contributed by atoms with van der Waals surface area (Å²) in [7, 11) is -4.16. The van der Waals surface area contributed by atoms with Crippen LogP contribution in [0.3, 0.4) is 0 Å². The lowest BCUT2D eigenvalue weighted by Crippen LogP contribution is -2.51. The Morgan fingerprint density at radius 3 is 2.68 bits per heavy atom. The van der Waals surface area contributed by atoms with Crippen LogP contribution in [0.15, 0.2) is 59.6 Å². The molecule has 1 aliphatic heterocycles. The second-order valence-electron chi connectivity index (χ2n) is 9.07. The van der Waals surface area contributed by atoms with E-state index in [9.17, 15) is 23.3 Å². The van der Waals surface area contributed by atoms with Crippen LogP contribution < -0.4 is 15.8 Å². The summed E-state index contributed by atoms with van der Waals surface area (Å²) in [6, 6.07) is 10.9. The Labute approximate surface area is 213 Å². The number of nitrogens with two attached hydrogens (primary N) is 1. The Kier molecular flexibility index (Phi) is 7.74. The van der Waals surface area contributed by atoms with E-state index in [1.54, 1.807) is 11.1 Å². The molecule has 4 rings (SSSR count). The molecule has 37 heavy (non-hydrogen) atoms. The number of aromatic nitrogens is 1. The molecule has 196 valence electrons. The van der Waals surface area contributed by atoms with E-state index in [4.69, 9.17) is 11.1 Å². The summed E-state index contributed by atoms with van der Waals surface area (Å²) in [5, 5.41) is 22.3. The highest BCUT2D eigenvalue weighted by molar-refractivity contribution is 7.89. The number of sulfonamides is 1. The number of aromatic amines is 1. The van der Waals surface area contributed by atoms with E-state index >= 15 is 0 Å². The third-order valence-corrected chi connectivity index (χ3v) is 7.98. The third-order valence-electron chi connectivity index (χ3n) is 6.50. The number of piperidine rings is 1. The van der Waals surface area contributed by atoms with Crippen molar-refractivity contribution in [1.29, 1.82) is 5.41 Å². The largest absolute Gasteiger partial charge is 0.370 e. The Morgan fingerprint density at radius 1 is 1.24 bits per heavy atom. The zero-order valence-electron chi connectivity index (χ0n) is 20.0. The topological polar surface area (TPSA) is 187 Å². The number of para-hydroxylation sites is 1. The van der Waals surface area contributed by atoms with Gasteiger partial charge in [-0.1, -0.05) is 18.2 Å². The number of nitro groups is 1. The number of likely N-dealkylation sites (tertiary alicyclic amines) is 1. The summed E-state index contributed by atoms with van der Waals surface area (Å²) in [6.07, 6.45) is 3.53. The van der Waals surface area contributed by atoms with E-state index in [1.807, 2.05) is 24.3 Å². The molecule has 6 N–H and O–H groups in total. The minimum Gasteiger partial charge on any atom is -0.370 e. The van der Waals surface area contributed by atoms with Crippen molar-refractivity contribution in [2.24, 2.45) is 11.7 Å². The average Bonchev–Trinajstić information content (AvgIpc) is 3.29. The molecule has 12 nitrogen and oxygen atoms in total. The second-order valence-corrected chi connectivity index (χ2v) is 10.8. The van der Waals surface area contributed by atoms with E-state index in [0.29, 0.717) is 19.6 Å². The molecule has 0 radical (unpaired) electrons. The molecule has 0 saturated carbocycles. The van der Waals surface area contributed by atoms with Crippen LogP contribution in [-0.2, 0) is 21.2 Å². The Morgan fingerprint density at radius 2 is 1.97 bits per heavy atom. The number of nitro benzene ring substituents is 1. The lowest BCUT2D eigenvalue weighted by Gasteiger charge is -2.33. The normalized spacial score (nSPS) is 16.9. The van der Waals surface area contributed by atoms with E-state index < -0.39 is 26.9 Å². The molecule has 13 heteroatoms. The Hall–Kier alpha value is -3.97. The van der Waals surface area contributed by atoms with Gasteiger partial charge in [-0.3, -0.25) is 20.3 Å². The first-order valence-electron chi connectivity index (χ1n) is 11.8. The zero-order valence-corrected chi connectivity index (χ0v) is 20.8. The first kappa shape index (κ1) is 26.1. The van der Waals surface area contributed by atoms with E-state index in [-0.39, 0.29) is 28.9 Å². The molecular formula is C24H29N7O5S. The molecule has 0 spiro atoms. The summed E-state index contributed by atoms with van der Waals surface area (Å²) in [4.78, 5) is 28.3. The summed E-state index contributed by atoms with van der Waals surface area (Å²) < 4.78 is 28.8. The summed E-state index contributed by atoms with van der Waals surface area (Å²) >= 11 is 0. The van der Waals surface area contributed by atoms with E-state index in [0.717, 1.165) is 53.6 Å². The number of carbonyl (C=O) groups is 1. The van der Waals surface area contributed by atoms with Gasteiger partial charge < -0.3 is 20.9 Å². The fraction of sp³-hybridized carbons (Fsp3) is 0.333. The van der Waals surface area contributed by atoms with Crippen molar-refractivity contribution >= 4 is 38.5 Å². The molecule has 1 aliphatic rings. The van der Waals surface area contributed by atoms with Gasteiger partial charge in [0.25, 0.3) is 5.69 Å². The number of amides is 1. The SMILES string of the molecule is N=C(N)N1CCCC(CNC(=O)[C@@H](Cc2c[nH]c3ccccc23)NS(=O)(=O)c2ccc([N+](=O)[O-])cc2)C1. The number of guanidine groups is 1. The van der Waals surface area contributed by atoms with Crippen molar-refractivity contribution in [3.05, 3.63) is 70.4 Å². The number of hydrogen-bond acceptors (Lipinski definition) is 6. The lowest BCUT2D eigenvalue weighted by atomic mass is 9.98. The van der Waals surface area contributed by atoms with Crippen LogP contribution in [0, 0.1) is 21.4 Å². The predicted octanol–water partition coefficient (Wildman–Crippen LogP) is 1.69. The number of nitrogens with zero attached hydrogens (tertiary/aromatic N) is 2. The fourth-order valence-electron chi connectivity index (χ4n) is 4.53. The maximum atomic E-state index is 13.3. The number of rotatable bonds is 9. The van der Waals surface area contributed by atoms with Crippen molar-refractivity contribution in [3.63, 3.8) is 0 Å². The van der Waals surface area contributed by atoms with Crippen molar-refractivity contribution < 1.29 is 18.1 Å². The minimum absolute atomic E-state index is 0.0101. The number of benzene rings is 2. The molecular weight excluding hydrogens is 498 g/mol. The van der Waals surface area contributed by atoms with Crippen molar-refractivity contribution in [2.45, 2.75) is 30.2 Å². The van der Waals surface area contributed by atoms with Gasteiger partial charge in [0.2, 0.25) is 15.9 Å². The van der Waals surface area contributed by atoms with E-state index in [2.05, 4.69) is 15.0 Å². The van der Waals surface area contributed by atoms with Gasteiger partial charge in [0, 0.05) is 48.9 Å². The van der Waals surface area contributed by atoms with Gasteiger partial charge in [0.1, 0.15) is 6.04 Å². The summed E-state index contributed by atoms with van der Waals surface area (Å²) in [5.74, 6) is -0.429. The Bertz CT molecular complexity index is 1400. The number of non-ortho nitro benzene ring substituents is 1. The maximum Gasteiger partial charge on any atom is 0.269 e. The highest BCUT2D eigenvalue weighted by Gasteiger charge is 2.29. The van der Waals surface area contributed by atoms with Crippen LogP contribution in [-0.4, -0.2) is 60.8 Å². The average molecular weight is 528 g/mol. The van der Waals surface area contributed by atoms with Gasteiger partial charge in [-0.25, -0.2) is 8.42 Å². The van der Waals surface area contributed by atoms with Gasteiger partial charge in [0.15, 0.2) is 5.96 Å². The highest BCUT2D eigenvalue weighted by atomic mass is 32.2. The molecule has 0 aliphatic carbocycles. The van der Waals surface area contributed by atoms with Crippen LogP contribution in [0.2, 0.25) is 0 Å². The van der Waals surface area contributed by atoms with Crippen LogP contribution in [0.5, 0.6) is 0 Å². The van der Waals surface area contributed by atoms with Gasteiger partial charge >= 0.3 is 0 Å². The zero-order chi connectivity index (χ0) is 26.6. The van der Waals surface area contributed by atoms with Crippen molar-refractivity contribution in [3.8, 4) is 0 Å². The van der Waals surface area contributed by atoms with Crippen molar-refractivity contribution in [2.75, 3.05) is 19.6 Å². The van der Waals surface area contributed by atoms with Crippen LogP contribution in [0.25, 0.3) is 10.9 Å². The molecule has 2 atom stereocenters. The quantitative estimate of drug-likeness (QED) is 0.121. The lowest BCUT2D eigenvalue weighted by molar-refractivity contribution is -0.384. The maximum absolute atomic E-state index is 13.3. The summed E-state index contributed by atoms with van der Waals surface area (Å²) in [5.41, 5.74) is 7.00. The van der Waals surface area contributed by atoms with Gasteiger partial charge in [-0.15, -0.1) is 0 Å². The monoisotopic (exact) mass is 527 g/mol. The van der Waals surface area contributed by atoms with E-state index in [1.165, 1.54) is 0 Å². The fourth-order valence-corrected chi connectivity index (χ4v) is 5.72. The number of carbonyl (C=O) groups excluding carboxylic acids is 1. The number of hydrogen-bond donors (Lipinski definition) is 5. The number of fused-ring (bicyclic) bond motifs is 1. The molecule has 1 fully saturated rings. The van der Waals surface area contributed by atoms with Crippen LogP contribution in [0.1, 0.15) is 18.4 Å². The standard InChI is InChI=1S/C24H29N7O5S/c25-24(26)30-11-3-4-16(15-30)13-28-23(32)22(12-17-14-27-21-6-2-1-5-20(17)21)29-37(35,36)19-9-7-18(8-10-19)31(33)34/h1-2,5-10,14,16,22,27,29H,3-4,11-13,15H2,(H3,25,26)(H,28,32)/t16?,22-/m1/s1. The molecule has 1 unspecified atom stereocenters. The number of H-pyrrole nitrogens is 1. The molecule has 2 heterocycles. The molecule has 3 aromatic rings. The highest BCUT2D eigenvalue weighted by Crippen LogP contribution is 2.21. The van der Waals surface area contributed by atoms with Crippen molar-refractivity contribution in [1.82, 2.24) is 19.9 Å². The molecule has 1 saturated heterocycles.